The van der Waals surface area contributed by atoms with E-state index in [1.807, 2.05) is 0 Å². The van der Waals surface area contributed by atoms with Crippen LogP contribution in [0.3, 0.4) is 0 Å². The Bertz CT molecular complexity index is 91.1. The normalized spacial score (nSPS) is 5.20. The first-order valence-electron chi connectivity index (χ1n) is 1.26. The van der Waals surface area contributed by atoms with E-state index >= 15 is 0 Å². The van der Waals surface area contributed by atoms with Crippen LogP contribution in [0.5, 0.6) is 0 Å². The fourth-order valence-electron chi connectivity index (χ4n) is 0.0747. The maximum atomic E-state index is 9.21. The summed E-state index contributed by atoms with van der Waals surface area (Å²) in [7, 11) is 0. The molecule has 0 bridgehead atoms. The van der Waals surface area contributed by atoms with Gasteiger partial charge in [0.2, 0.25) is 0 Å². The SMILES string of the molecule is O=C(O)OC(=O)O.[CH3-].[Na+].[Na+]. The van der Waals surface area contributed by atoms with Gasteiger partial charge in [-0.25, -0.2) is 9.59 Å². The molecule has 10 heavy (non-hydrogen) atoms. The van der Waals surface area contributed by atoms with Crippen molar-refractivity contribution in [3.63, 3.8) is 0 Å². The molecular weight excluding hydrogens is 162 g/mol. The zero-order chi connectivity index (χ0) is 5.86. The van der Waals surface area contributed by atoms with Crippen LogP contribution < -0.4 is 59.1 Å². The Kier molecular flexibility index (Phi) is 27.9. The van der Waals surface area contributed by atoms with Crippen molar-refractivity contribution in [3.05, 3.63) is 7.43 Å². The van der Waals surface area contributed by atoms with Crippen LogP contribution in [0.1, 0.15) is 0 Å². The molecule has 0 radical (unpaired) electrons. The van der Waals surface area contributed by atoms with Gasteiger partial charge in [0.25, 0.3) is 0 Å². The van der Waals surface area contributed by atoms with E-state index in [1.54, 1.807) is 0 Å². The summed E-state index contributed by atoms with van der Waals surface area (Å²) in [6.45, 7) is 0. The zero-order valence-electron chi connectivity index (χ0n) is 6.12. The molecule has 0 aromatic heterocycles. The van der Waals surface area contributed by atoms with Crippen LogP contribution in [0.25, 0.3) is 0 Å². The minimum atomic E-state index is -1.81. The maximum Gasteiger partial charge on any atom is 1.00 e. The first-order chi connectivity index (χ1) is 3.13. The second-order valence-electron chi connectivity index (χ2n) is 0.634. The molecule has 5 nitrogen and oxygen atoms in total. The second-order valence-corrected chi connectivity index (χ2v) is 0.634. The summed E-state index contributed by atoms with van der Waals surface area (Å²) < 4.78 is 3.08. The van der Waals surface area contributed by atoms with Crippen LogP contribution in [0.2, 0.25) is 0 Å². The van der Waals surface area contributed by atoms with Crippen LogP contribution in [0.4, 0.5) is 9.59 Å². The molecule has 0 aliphatic carbocycles. The monoisotopic (exact) mass is 167 g/mol. The molecular formula is C3H5Na2O5+. The standard InChI is InChI=1S/C2H2O5.CH3.2Na/c3-1(4)7-2(5)6;;;/h(H,3,4)(H,5,6);1H3;;/q;-1;2*+1. The van der Waals surface area contributed by atoms with E-state index in [9.17, 15) is 9.59 Å². The molecule has 0 saturated heterocycles. The number of rotatable bonds is 0. The third kappa shape index (κ3) is 23.3. The largest absolute Gasteiger partial charge is 1.00 e. The van der Waals surface area contributed by atoms with E-state index < -0.39 is 12.3 Å². The minimum absolute atomic E-state index is 0. The predicted molar refractivity (Wildman–Crippen MR) is 23.5 cm³/mol. The zero-order valence-corrected chi connectivity index (χ0v) is 10.1. The molecule has 7 heteroatoms. The summed E-state index contributed by atoms with van der Waals surface area (Å²) >= 11 is 0. The van der Waals surface area contributed by atoms with Crippen molar-refractivity contribution in [3.8, 4) is 0 Å². The van der Waals surface area contributed by atoms with Gasteiger partial charge in [0.05, 0.1) is 0 Å². The van der Waals surface area contributed by atoms with E-state index in [0.717, 1.165) is 0 Å². The van der Waals surface area contributed by atoms with Crippen molar-refractivity contribution >= 4 is 12.3 Å². The molecule has 0 amide bonds. The van der Waals surface area contributed by atoms with Crippen LogP contribution in [-0.2, 0) is 4.74 Å². The molecule has 0 fully saturated rings. The first kappa shape index (κ1) is 22.4. The molecule has 0 aliphatic rings. The van der Waals surface area contributed by atoms with Crippen molar-refractivity contribution in [2.45, 2.75) is 0 Å². The number of ether oxygens (including phenoxy) is 1. The molecule has 0 rings (SSSR count). The average molecular weight is 167 g/mol. The van der Waals surface area contributed by atoms with Gasteiger partial charge < -0.3 is 22.4 Å². The fraction of sp³-hybridized carbons (Fsp3) is 0. The summed E-state index contributed by atoms with van der Waals surface area (Å²) in [6.07, 6.45) is -3.62. The van der Waals surface area contributed by atoms with E-state index in [4.69, 9.17) is 10.2 Å². The van der Waals surface area contributed by atoms with Crippen molar-refractivity contribution in [2.75, 3.05) is 0 Å². The number of hydrogen-bond acceptors (Lipinski definition) is 3. The van der Waals surface area contributed by atoms with Gasteiger partial charge in [-0.1, -0.05) is 0 Å². The van der Waals surface area contributed by atoms with Gasteiger partial charge in [0.15, 0.2) is 0 Å². The van der Waals surface area contributed by atoms with Crippen molar-refractivity contribution in [1.82, 2.24) is 0 Å². The van der Waals surface area contributed by atoms with Crippen molar-refractivity contribution in [1.29, 1.82) is 0 Å². The van der Waals surface area contributed by atoms with E-state index in [2.05, 4.69) is 4.74 Å². The Labute approximate surface area is 102 Å². The molecule has 0 aromatic carbocycles. The van der Waals surface area contributed by atoms with Crippen LogP contribution in [0, 0.1) is 7.43 Å². The molecule has 0 aromatic rings. The maximum absolute atomic E-state index is 9.21. The van der Waals surface area contributed by atoms with Gasteiger partial charge in [-0.15, -0.1) is 0 Å². The Balaban J connectivity index is -0.0000000600. The minimum Gasteiger partial charge on any atom is -0.449 e. The van der Waals surface area contributed by atoms with Crippen molar-refractivity contribution in [2.24, 2.45) is 0 Å². The number of carbonyl (C=O) groups is 2. The summed E-state index contributed by atoms with van der Waals surface area (Å²) in [5.41, 5.74) is 0. The van der Waals surface area contributed by atoms with Crippen LogP contribution >= 0.6 is 0 Å². The van der Waals surface area contributed by atoms with E-state index in [0.29, 0.717) is 0 Å². The van der Waals surface area contributed by atoms with Gasteiger partial charge in [-0.05, 0) is 0 Å². The number of hydrogen-bond donors (Lipinski definition) is 2. The van der Waals surface area contributed by atoms with E-state index in [-0.39, 0.29) is 66.5 Å². The summed E-state index contributed by atoms with van der Waals surface area (Å²) in [6, 6.07) is 0. The molecule has 0 saturated carbocycles. The molecule has 0 atom stereocenters. The fourth-order valence-corrected chi connectivity index (χ4v) is 0.0747. The Morgan fingerprint density at radius 1 is 1.00 bits per heavy atom. The first-order valence-corrected chi connectivity index (χ1v) is 1.26. The quantitative estimate of drug-likeness (QED) is 0.163. The van der Waals surface area contributed by atoms with Crippen LogP contribution in [0.15, 0.2) is 0 Å². The molecule has 0 spiro atoms. The summed E-state index contributed by atoms with van der Waals surface area (Å²) in [4.78, 5) is 18.4. The second kappa shape index (κ2) is 12.4. The van der Waals surface area contributed by atoms with Gasteiger partial charge in [-0.3, -0.25) is 0 Å². The molecule has 0 heterocycles. The van der Waals surface area contributed by atoms with Crippen molar-refractivity contribution < 1.29 is 83.7 Å². The van der Waals surface area contributed by atoms with E-state index in [1.165, 1.54) is 0 Å². The van der Waals surface area contributed by atoms with Gasteiger partial charge in [0, 0.05) is 0 Å². The average Bonchev–Trinajstić information content (AvgIpc) is 1.27. The molecule has 0 aliphatic heterocycles. The Hall–Kier alpha value is 0.740. The van der Waals surface area contributed by atoms with Gasteiger partial charge >= 0.3 is 71.4 Å². The van der Waals surface area contributed by atoms with Gasteiger partial charge in [0.1, 0.15) is 0 Å². The Morgan fingerprint density at radius 2 is 1.20 bits per heavy atom. The predicted octanol–water partition coefficient (Wildman–Crippen LogP) is -5.18. The topological polar surface area (TPSA) is 83.8 Å². The van der Waals surface area contributed by atoms with Crippen LogP contribution in [-0.4, -0.2) is 22.5 Å². The molecule has 48 valence electrons. The summed E-state index contributed by atoms with van der Waals surface area (Å²) in [5, 5.41) is 15.0. The number of carboxylic acid groups (broad SMARTS) is 2. The Morgan fingerprint density at radius 3 is 1.20 bits per heavy atom. The molecule has 2 N–H and O–H groups in total. The van der Waals surface area contributed by atoms with Gasteiger partial charge in [-0.2, -0.15) is 0 Å². The summed E-state index contributed by atoms with van der Waals surface area (Å²) in [5.74, 6) is 0. The smallest absolute Gasteiger partial charge is 0.449 e. The third-order valence-electron chi connectivity index (χ3n) is 0.175. The third-order valence-corrected chi connectivity index (χ3v) is 0.175. The molecule has 0 unspecified atom stereocenters.